The summed E-state index contributed by atoms with van der Waals surface area (Å²) < 4.78 is 68.8. The van der Waals surface area contributed by atoms with Gasteiger partial charge < -0.3 is 4.18 Å². The molecule has 2 aromatic rings. The maximum atomic E-state index is 12.8. The van der Waals surface area contributed by atoms with Gasteiger partial charge in [0.2, 0.25) is 5.91 Å². The average molecular weight is 521 g/mol. The van der Waals surface area contributed by atoms with Crippen molar-refractivity contribution in [1.82, 2.24) is 5.43 Å². The van der Waals surface area contributed by atoms with Crippen molar-refractivity contribution in [1.29, 1.82) is 0 Å². The quantitative estimate of drug-likeness (QED) is 0.296. The number of hydrazone groups is 1. The molecule has 1 N–H and O–H groups in total. The molecule has 0 aliphatic heterocycles. The Bertz CT molecular complexity index is 1240. The summed E-state index contributed by atoms with van der Waals surface area (Å²) in [6, 6.07) is 9.23. The van der Waals surface area contributed by atoms with Crippen LogP contribution in [0.2, 0.25) is 0 Å². The third-order valence-electron chi connectivity index (χ3n) is 7.68. The molecule has 36 heavy (non-hydrogen) atoms. The number of nitrogens with zero attached hydrogens (tertiary/aromatic N) is 1. The second-order valence-electron chi connectivity index (χ2n) is 10.5. The molecule has 4 aliphatic carbocycles. The van der Waals surface area contributed by atoms with Gasteiger partial charge in [-0.1, -0.05) is 12.1 Å². The molecule has 1 amide bonds. The number of alkyl halides is 3. The lowest BCUT2D eigenvalue weighted by Crippen LogP contribution is -2.47. The van der Waals surface area contributed by atoms with Gasteiger partial charge in [0.25, 0.3) is 0 Å². The lowest BCUT2D eigenvalue weighted by molar-refractivity contribution is -0.137. The minimum Gasteiger partial charge on any atom is -0.378 e. The van der Waals surface area contributed by atoms with Gasteiger partial charge in [-0.2, -0.15) is 26.7 Å². The fourth-order valence-corrected chi connectivity index (χ4v) is 7.65. The molecule has 0 atom stereocenters. The molecule has 4 fully saturated rings. The van der Waals surface area contributed by atoms with Crippen LogP contribution in [0.5, 0.6) is 5.75 Å². The summed E-state index contributed by atoms with van der Waals surface area (Å²) in [6.45, 7) is 0. The Morgan fingerprint density at radius 3 is 2.17 bits per heavy atom. The fourth-order valence-electron chi connectivity index (χ4n) is 6.70. The Morgan fingerprint density at radius 1 is 1.00 bits per heavy atom. The van der Waals surface area contributed by atoms with E-state index in [-0.39, 0.29) is 17.1 Å². The van der Waals surface area contributed by atoms with E-state index >= 15 is 0 Å². The van der Waals surface area contributed by atoms with E-state index in [1.165, 1.54) is 31.5 Å². The highest BCUT2D eigenvalue weighted by atomic mass is 32.2. The number of nitrogens with one attached hydrogen (secondary N) is 1. The van der Waals surface area contributed by atoms with Gasteiger partial charge in [-0.05, 0) is 98.1 Å². The van der Waals surface area contributed by atoms with Crippen molar-refractivity contribution in [2.24, 2.45) is 28.3 Å². The SMILES string of the molecule is O=C(CC12CC3CC(CC(C3)C1)C2)NN=Cc1ccccc1OS(=O)(=O)c1ccc(C(F)(F)F)cc1. The predicted octanol–water partition coefficient (Wildman–Crippen LogP) is 5.53. The number of rotatable bonds is 7. The van der Waals surface area contributed by atoms with Gasteiger partial charge in [0.15, 0.2) is 5.75 Å². The highest BCUT2D eigenvalue weighted by molar-refractivity contribution is 7.87. The molecule has 0 radical (unpaired) electrons. The number of carbonyl (C=O) groups excluding carboxylic acids is 1. The monoisotopic (exact) mass is 520 g/mol. The molecule has 192 valence electrons. The van der Waals surface area contributed by atoms with Crippen molar-refractivity contribution in [3.8, 4) is 5.75 Å². The molecule has 10 heteroatoms. The molecule has 0 unspecified atom stereocenters. The number of benzene rings is 2. The maximum Gasteiger partial charge on any atom is 0.416 e. The van der Waals surface area contributed by atoms with E-state index in [1.807, 2.05) is 0 Å². The Labute approximate surface area is 208 Å². The lowest BCUT2D eigenvalue weighted by Gasteiger charge is -2.56. The first kappa shape index (κ1) is 24.8. The van der Waals surface area contributed by atoms with Gasteiger partial charge in [-0.25, -0.2) is 5.43 Å². The van der Waals surface area contributed by atoms with Crippen LogP contribution in [0.3, 0.4) is 0 Å². The Balaban J connectivity index is 1.23. The summed E-state index contributed by atoms with van der Waals surface area (Å²) >= 11 is 0. The van der Waals surface area contributed by atoms with E-state index in [0.717, 1.165) is 49.1 Å². The van der Waals surface area contributed by atoms with Crippen LogP contribution in [0.1, 0.15) is 56.1 Å². The van der Waals surface area contributed by atoms with Crippen LogP contribution in [0.25, 0.3) is 0 Å². The zero-order valence-corrected chi connectivity index (χ0v) is 20.3. The topological polar surface area (TPSA) is 84.8 Å². The second-order valence-corrected chi connectivity index (χ2v) is 12.0. The fraction of sp³-hybridized carbons (Fsp3) is 0.462. The number of carbonyl (C=O) groups is 1. The summed E-state index contributed by atoms with van der Waals surface area (Å²) in [6.07, 6.45) is 4.37. The second kappa shape index (κ2) is 9.21. The largest absolute Gasteiger partial charge is 0.416 e. The predicted molar refractivity (Wildman–Crippen MR) is 127 cm³/mol. The summed E-state index contributed by atoms with van der Waals surface area (Å²) in [5.74, 6) is 2.00. The molecular formula is C26H27F3N2O4S. The number of para-hydroxylation sites is 1. The third-order valence-corrected chi connectivity index (χ3v) is 8.93. The van der Waals surface area contributed by atoms with E-state index in [1.54, 1.807) is 18.2 Å². The minimum absolute atomic E-state index is 0.0588. The highest BCUT2D eigenvalue weighted by Gasteiger charge is 2.51. The minimum atomic E-state index is -4.58. The van der Waals surface area contributed by atoms with Crippen molar-refractivity contribution < 1.29 is 30.6 Å². The normalized spacial score (nSPS) is 27.4. The standard InChI is InChI=1S/C26H27F3N2O4S/c27-26(28,29)21-5-7-22(8-6-21)36(33,34)35-23-4-2-1-3-20(23)16-30-31-24(32)15-25-12-17-9-18(13-25)11-19(10-17)14-25/h1-8,16-19H,9-15H2,(H,31,32). The van der Waals surface area contributed by atoms with Crippen molar-refractivity contribution in [3.05, 3.63) is 59.7 Å². The van der Waals surface area contributed by atoms with Crippen molar-refractivity contribution >= 4 is 22.2 Å². The number of hydrogen-bond donors (Lipinski definition) is 1. The van der Waals surface area contributed by atoms with Gasteiger partial charge in [0, 0.05) is 12.0 Å². The number of halogens is 3. The Hall–Kier alpha value is -2.88. The van der Waals surface area contributed by atoms with Crippen LogP contribution in [-0.2, 0) is 21.1 Å². The van der Waals surface area contributed by atoms with E-state index < -0.39 is 26.8 Å². The van der Waals surface area contributed by atoms with Gasteiger partial charge in [0.1, 0.15) is 4.90 Å². The van der Waals surface area contributed by atoms with Crippen LogP contribution in [0, 0.1) is 23.2 Å². The van der Waals surface area contributed by atoms with Crippen LogP contribution >= 0.6 is 0 Å². The summed E-state index contributed by atoms with van der Waals surface area (Å²) in [4.78, 5) is 12.3. The molecule has 0 aromatic heterocycles. The third kappa shape index (κ3) is 5.28. The van der Waals surface area contributed by atoms with Gasteiger partial charge >= 0.3 is 16.3 Å². The number of amides is 1. The van der Waals surface area contributed by atoms with Crippen molar-refractivity contribution in [3.63, 3.8) is 0 Å². The maximum absolute atomic E-state index is 12.8. The molecule has 4 saturated carbocycles. The van der Waals surface area contributed by atoms with Crippen LogP contribution in [0.15, 0.2) is 58.5 Å². The van der Waals surface area contributed by atoms with Crippen LogP contribution < -0.4 is 9.61 Å². The molecule has 6 nitrogen and oxygen atoms in total. The first-order valence-corrected chi connectivity index (χ1v) is 13.4. The van der Waals surface area contributed by atoms with E-state index in [2.05, 4.69) is 10.5 Å². The van der Waals surface area contributed by atoms with Crippen molar-refractivity contribution in [2.75, 3.05) is 0 Å². The molecule has 0 saturated heterocycles. The Kier molecular flexibility index (Phi) is 6.34. The van der Waals surface area contributed by atoms with Crippen LogP contribution in [-0.4, -0.2) is 20.5 Å². The van der Waals surface area contributed by atoms with Gasteiger partial charge in [-0.3, -0.25) is 4.79 Å². The van der Waals surface area contributed by atoms with Crippen LogP contribution in [0.4, 0.5) is 13.2 Å². The van der Waals surface area contributed by atoms with E-state index in [0.29, 0.717) is 24.1 Å². The molecule has 4 aliphatic rings. The molecule has 2 aromatic carbocycles. The number of hydrogen-bond acceptors (Lipinski definition) is 5. The molecular weight excluding hydrogens is 493 g/mol. The molecule has 0 heterocycles. The molecule has 0 spiro atoms. The summed E-state index contributed by atoms with van der Waals surface area (Å²) in [5.41, 5.74) is 1.98. The lowest BCUT2D eigenvalue weighted by atomic mass is 9.49. The highest BCUT2D eigenvalue weighted by Crippen LogP contribution is 2.61. The van der Waals surface area contributed by atoms with E-state index in [9.17, 15) is 26.4 Å². The molecule has 4 bridgehead atoms. The first-order valence-electron chi connectivity index (χ1n) is 12.0. The van der Waals surface area contributed by atoms with E-state index in [4.69, 9.17) is 4.18 Å². The van der Waals surface area contributed by atoms with Crippen molar-refractivity contribution in [2.45, 2.75) is 56.0 Å². The summed E-state index contributed by atoms with van der Waals surface area (Å²) in [7, 11) is -4.39. The van der Waals surface area contributed by atoms with Gasteiger partial charge in [0.05, 0.1) is 11.8 Å². The Morgan fingerprint density at radius 2 is 1.58 bits per heavy atom. The smallest absolute Gasteiger partial charge is 0.378 e. The molecule has 6 rings (SSSR count). The van der Waals surface area contributed by atoms with Gasteiger partial charge in [-0.15, -0.1) is 0 Å². The zero-order valence-electron chi connectivity index (χ0n) is 19.5. The summed E-state index contributed by atoms with van der Waals surface area (Å²) in [5, 5.41) is 4.02. The average Bonchev–Trinajstić information content (AvgIpc) is 2.78. The first-order chi connectivity index (χ1) is 17.0. The zero-order chi connectivity index (χ0) is 25.6.